The molecule has 2 unspecified atom stereocenters. The van der Waals surface area contributed by atoms with Crippen molar-refractivity contribution in [3.8, 4) is 5.69 Å². The van der Waals surface area contributed by atoms with Crippen LogP contribution in [0.4, 0.5) is 16.3 Å². The van der Waals surface area contributed by atoms with E-state index in [2.05, 4.69) is 53.4 Å². The zero-order valence-electron chi connectivity index (χ0n) is 24.9. The molecule has 42 heavy (non-hydrogen) atoms. The molecule has 218 valence electrons. The minimum absolute atomic E-state index is 0.151. The van der Waals surface area contributed by atoms with Crippen LogP contribution < -0.4 is 10.6 Å². The first-order valence-corrected chi connectivity index (χ1v) is 14.9. The number of rotatable bonds is 6. The van der Waals surface area contributed by atoms with E-state index >= 15 is 0 Å². The number of nitrogens with zero attached hydrogens (tertiary/aromatic N) is 3. The second-order valence-electron chi connectivity index (χ2n) is 12.9. The summed E-state index contributed by atoms with van der Waals surface area (Å²) in [7, 11) is 0. The van der Waals surface area contributed by atoms with Crippen LogP contribution in [0.2, 0.25) is 0 Å². The molecule has 8 nitrogen and oxygen atoms in total. The highest BCUT2D eigenvalue weighted by molar-refractivity contribution is 5.99. The Morgan fingerprint density at radius 2 is 1.71 bits per heavy atom. The maximum atomic E-state index is 13.2. The van der Waals surface area contributed by atoms with Crippen LogP contribution in [0.5, 0.6) is 0 Å². The molecule has 6 rings (SSSR count). The highest BCUT2D eigenvalue weighted by Crippen LogP contribution is 2.41. The van der Waals surface area contributed by atoms with Gasteiger partial charge in [-0.1, -0.05) is 50.6 Å². The van der Waals surface area contributed by atoms with E-state index in [9.17, 15) is 9.59 Å². The number of carbonyl (C=O) groups excluding carboxylic acids is 2. The summed E-state index contributed by atoms with van der Waals surface area (Å²) in [4.78, 5) is 31.4. The first kappa shape index (κ1) is 27.8. The number of nitrogens with one attached hydrogen (secondary N) is 3. The van der Waals surface area contributed by atoms with Crippen LogP contribution in [-0.4, -0.2) is 43.7 Å². The zero-order chi connectivity index (χ0) is 29.4. The third-order valence-electron chi connectivity index (χ3n) is 8.62. The molecule has 2 atom stereocenters. The van der Waals surface area contributed by atoms with Gasteiger partial charge in [-0.25, -0.2) is 9.48 Å². The van der Waals surface area contributed by atoms with Crippen LogP contribution in [0.25, 0.3) is 5.69 Å². The smallest absolute Gasteiger partial charge is 0.324 e. The molecular weight excluding hydrogens is 524 g/mol. The molecule has 4 heterocycles. The summed E-state index contributed by atoms with van der Waals surface area (Å²) < 4.78 is 1.79. The largest absolute Gasteiger partial charge is 0.367 e. The first-order valence-electron chi connectivity index (χ1n) is 14.9. The van der Waals surface area contributed by atoms with E-state index in [-0.39, 0.29) is 17.4 Å². The molecule has 2 aliphatic heterocycles. The van der Waals surface area contributed by atoms with Crippen molar-refractivity contribution in [2.75, 3.05) is 10.6 Å². The Morgan fingerprint density at radius 3 is 2.38 bits per heavy atom. The van der Waals surface area contributed by atoms with Gasteiger partial charge in [0.15, 0.2) is 0 Å². The first-order chi connectivity index (χ1) is 20.1. The van der Waals surface area contributed by atoms with Gasteiger partial charge >= 0.3 is 6.03 Å². The van der Waals surface area contributed by atoms with Crippen molar-refractivity contribution in [2.45, 2.75) is 77.3 Å². The number of piperidine rings is 1. The third kappa shape index (κ3) is 5.84. The molecule has 4 aromatic rings. The molecule has 2 bridgehead atoms. The van der Waals surface area contributed by atoms with Gasteiger partial charge in [0.25, 0.3) is 5.91 Å². The summed E-state index contributed by atoms with van der Waals surface area (Å²) in [5.74, 6) is 1.29. The van der Waals surface area contributed by atoms with Gasteiger partial charge in [0.05, 0.1) is 16.9 Å². The Bertz CT molecular complexity index is 1550. The number of aromatic amines is 1. The number of hydrogen-bond acceptors (Lipinski definition) is 3. The van der Waals surface area contributed by atoms with Crippen LogP contribution in [-0.2, 0) is 11.8 Å². The van der Waals surface area contributed by atoms with E-state index in [1.165, 1.54) is 5.56 Å². The Hall–Kier alpha value is -4.33. The predicted molar refractivity (Wildman–Crippen MR) is 166 cm³/mol. The molecule has 2 aromatic carbocycles. The summed E-state index contributed by atoms with van der Waals surface area (Å²) in [6.07, 6.45) is 8.73. The second kappa shape index (κ2) is 11.2. The van der Waals surface area contributed by atoms with Gasteiger partial charge in [-0.3, -0.25) is 10.1 Å². The lowest BCUT2D eigenvalue weighted by molar-refractivity contribution is 0.0525. The van der Waals surface area contributed by atoms with Crippen molar-refractivity contribution >= 4 is 23.4 Å². The van der Waals surface area contributed by atoms with E-state index in [1.807, 2.05) is 61.7 Å². The summed E-state index contributed by atoms with van der Waals surface area (Å²) in [6.45, 7) is 8.38. The Balaban J connectivity index is 1.11. The molecule has 0 radical (unpaired) electrons. The monoisotopic (exact) mass is 564 g/mol. The highest BCUT2D eigenvalue weighted by Gasteiger charge is 2.43. The van der Waals surface area contributed by atoms with Gasteiger partial charge in [-0.15, -0.1) is 0 Å². The number of urea groups is 1. The standard InChI is InChI=1S/C34H40N6O2/c1-22-8-10-27(11-9-22)40-31(20-30(38-40)34(2,3)4)37-33(42)36-26-7-5-6-23(17-26)16-24-18-28-12-13-29(19-24)39(28)32(41)25-14-15-35-21-25/h5-11,14-15,17,20-21,24,28-29,35H,12-13,16,18-19H2,1-4H3,(H2,36,37,42). The topological polar surface area (TPSA) is 95.1 Å². The number of anilines is 2. The van der Waals surface area contributed by atoms with Gasteiger partial charge in [0.2, 0.25) is 0 Å². The maximum absolute atomic E-state index is 13.2. The lowest BCUT2D eigenvalue weighted by atomic mass is 9.85. The molecule has 0 spiro atoms. The van der Waals surface area contributed by atoms with Gasteiger partial charge in [0, 0.05) is 41.6 Å². The average molecular weight is 565 g/mol. The number of aromatic nitrogens is 3. The molecular formula is C34H40N6O2. The number of hydrogen-bond donors (Lipinski definition) is 3. The number of amides is 3. The fourth-order valence-corrected chi connectivity index (χ4v) is 6.50. The van der Waals surface area contributed by atoms with Crippen molar-refractivity contribution in [1.29, 1.82) is 0 Å². The lowest BCUT2D eigenvalue weighted by Crippen LogP contribution is -2.46. The molecule has 2 fully saturated rings. The fourth-order valence-electron chi connectivity index (χ4n) is 6.50. The summed E-state index contributed by atoms with van der Waals surface area (Å²) in [5.41, 5.74) is 5.49. The van der Waals surface area contributed by atoms with E-state index < -0.39 is 0 Å². The van der Waals surface area contributed by atoms with Gasteiger partial charge in [-0.05, 0) is 80.8 Å². The zero-order valence-corrected chi connectivity index (χ0v) is 24.9. The van der Waals surface area contributed by atoms with Crippen molar-refractivity contribution in [3.05, 3.63) is 95.4 Å². The van der Waals surface area contributed by atoms with Gasteiger partial charge < -0.3 is 15.2 Å². The molecule has 2 aromatic heterocycles. The SMILES string of the molecule is Cc1ccc(-n2nc(C(C)(C)C)cc2NC(=O)Nc2cccc(CC3CC4CCC(C3)N4C(=O)c3cc[nH]c3)c2)cc1. The maximum Gasteiger partial charge on any atom is 0.324 e. The van der Waals surface area contributed by atoms with Gasteiger partial charge in [0.1, 0.15) is 5.82 Å². The Kier molecular flexibility index (Phi) is 7.39. The second-order valence-corrected chi connectivity index (χ2v) is 12.9. The van der Waals surface area contributed by atoms with Crippen LogP contribution >= 0.6 is 0 Å². The summed E-state index contributed by atoms with van der Waals surface area (Å²) in [5, 5.41) is 10.9. The van der Waals surface area contributed by atoms with Crippen LogP contribution in [0.15, 0.2) is 73.1 Å². The number of carbonyl (C=O) groups is 2. The normalized spacial score (nSPS) is 20.0. The fraction of sp³-hybridized carbons (Fsp3) is 0.382. The van der Waals surface area contributed by atoms with E-state index in [0.717, 1.165) is 60.3 Å². The Labute approximate surface area is 247 Å². The highest BCUT2D eigenvalue weighted by atomic mass is 16.2. The number of fused-ring (bicyclic) bond motifs is 2. The van der Waals surface area contributed by atoms with Crippen LogP contribution in [0.3, 0.4) is 0 Å². The molecule has 2 saturated heterocycles. The van der Waals surface area contributed by atoms with Gasteiger partial charge in [-0.2, -0.15) is 5.10 Å². The number of aryl methyl sites for hydroxylation is 1. The summed E-state index contributed by atoms with van der Waals surface area (Å²) in [6, 6.07) is 20.3. The molecule has 2 aliphatic rings. The van der Waals surface area contributed by atoms with Crippen LogP contribution in [0.1, 0.15) is 73.6 Å². The minimum atomic E-state index is -0.310. The van der Waals surface area contributed by atoms with Crippen molar-refractivity contribution in [2.24, 2.45) is 5.92 Å². The van der Waals surface area contributed by atoms with E-state index in [0.29, 0.717) is 23.8 Å². The van der Waals surface area contributed by atoms with Crippen molar-refractivity contribution in [3.63, 3.8) is 0 Å². The van der Waals surface area contributed by atoms with Crippen molar-refractivity contribution < 1.29 is 9.59 Å². The van der Waals surface area contributed by atoms with E-state index in [1.54, 1.807) is 10.9 Å². The Morgan fingerprint density at radius 1 is 0.976 bits per heavy atom. The van der Waals surface area contributed by atoms with E-state index in [4.69, 9.17) is 5.10 Å². The molecule has 3 N–H and O–H groups in total. The molecule has 0 saturated carbocycles. The lowest BCUT2D eigenvalue weighted by Gasteiger charge is -2.39. The summed E-state index contributed by atoms with van der Waals surface area (Å²) >= 11 is 0. The molecule has 0 aliphatic carbocycles. The predicted octanol–water partition coefficient (Wildman–Crippen LogP) is 7.08. The third-order valence-corrected chi connectivity index (χ3v) is 8.62. The van der Waals surface area contributed by atoms with Crippen molar-refractivity contribution in [1.82, 2.24) is 19.7 Å². The number of benzene rings is 2. The quantitative estimate of drug-likeness (QED) is 0.234. The average Bonchev–Trinajstić information content (AvgIpc) is 3.68. The van der Waals surface area contributed by atoms with Crippen LogP contribution in [0, 0.1) is 12.8 Å². The minimum Gasteiger partial charge on any atom is -0.367 e. The molecule has 3 amide bonds. The number of H-pyrrole nitrogens is 1. The molecule has 8 heteroatoms.